The second-order valence-electron chi connectivity index (χ2n) is 8.46. The Labute approximate surface area is 176 Å². The Morgan fingerprint density at radius 3 is 2.73 bits per heavy atom. The molecule has 6 nitrogen and oxygen atoms in total. The molecule has 2 aliphatic heterocycles. The van der Waals surface area contributed by atoms with Crippen LogP contribution >= 0.6 is 0 Å². The van der Waals surface area contributed by atoms with Crippen LogP contribution in [0.15, 0.2) is 24.3 Å². The minimum atomic E-state index is -0.322. The van der Waals surface area contributed by atoms with E-state index in [0.717, 1.165) is 44.0 Å². The Balaban J connectivity index is 1.38. The smallest absolute Gasteiger partial charge is 0.270 e. The van der Waals surface area contributed by atoms with Gasteiger partial charge in [0.15, 0.2) is 0 Å². The molecule has 0 aliphatic carbocycles. The molecule has 1 atom stereocenters. The lowest BCUT2D eigenvalue weighted by Gasteiger charge is -2.36. The summed E-state index contributed by atoms with van der Waals surface area (Å²) in [4.78, 5) is 32.9. The largest absolute Gasteiger partial charge is 0.383 e. The van der Waals surface area contributed by atoms with Gasteiger partial charge in [-0.25, -0.2) is 4.39 Å². The van der Waals surface area contributed by atoms with Crippen LogP contribution in [0.2, 0.25) is 0 Å². The van der Waals surface area contributed by atoms with E-state index in [4.69, 9.17) is 4.74 Å². The van der Waals surface area contributed by atoms with Crippen LogP contribution in [0.1, 0.15) is 42.6 Å². The minimum absolute atomic E-state index is 0.0534. The van der Waals surface area contributed by atoms with Gasteiger partial charge in [0.25, 0.3) is 5.91 Å². The van der Waals surface area contributed by atoms with Gasteiger partial charge in [-0.3, -0.25) is 9.59 Å². The van der Waals surface area contributed by atoms with Crippen LogP contribution in [0.25, 0.3) is 10.9 Å². The first kappa shape index (κ1) is 20.8. The molecule has 7 heteroatoms. The van der Waals surface area contributed by atoms with E-state index in [0.29, 0.717) is 43.4 Å². The molecule has 2 saturated heterocycles. The molecule has 0 unspecified atom stereocenters. The number of nitrogens with zero attached hydrogens (tertiary/aromatic N) is 2. The van der Waals surface area contributed by atoms with Crippen molar-refractivity contribution in [2.75, 3.05) is 39.9 Å². The Bertz CT molecular complexity index is 904. The summed E-state index contributed by atoms with van der Waals surface area (Å²) >= 11 is 0. The lowest BCUT2D eigenvalue weighted by atomic mass is 9.81. The van der Waals surface area contributed by atoms with Crippen LogP contribution in [0.3, 0.4) is 0 Å². The molecule has 3 heterocycles. The van der Waals surface area contributed by atoms with Crippen molar-refractivity contribution < 1.29 is 18.7 Å². The summed E-state index contributed by atoms with van der Waals surface area (Å²) in [5.41, 5.74) is 1.12. The zero-order valence-corrected chi connectivity index (χ0v) is 17.5. The number of halogens is 1. The predicted octanol–water partition coefficient (Wildman–Crippen LogP) is 3.43. The fraction of sp³-hybridized carbons (Fsp3) is 0.565. The van der Waals surface area contributed by atoms with Gasteiger partial charge in [0.1, 0.15) is 11.5 Å². The Hall–Kier alpha value is -2.41. The van der Waals surface area contributed by atoms with Crippen LogP contribution in [0, 0.1) is 17.7 Å². The van der Waals surface area contributed by atoms with Crippen molar-refractivity contribution in [1.29, 1.82) is 0 Å². The maximum Gasteiger partial charge on any atom is 0.270 e. The van der Waals surface area contributed by atoms with Crippen LogP contribution in [0.4, 0.5) is 4.39 Å². The molecule has 2 aliphatic rings. The molecular weight excluding hydrogens is 385 g/mol. The fourth-order valence-electron chi connectivity index (χ4n) is 4.89. The first-order valence-electron chi connectivity index (χ1n) is 10.9. The summed E-state index contributed by atoms with van der Waals surface area (Å²) in [5, 5.41) is 0.829. The first-order valence-corrected chi connectivity index (χ1v) is 10.9. The summed E-state index contributed by atoms with van der Waals surface area (Å²) in [6.45, 7) is 3.34. The van der Waals surface area contributed by atoms with Crippen molar-refractivity contribution >= 4 is 22.7 Å². The molecule has 1 aromatic carbocycles. The van der Waals surface area contributed by atoms with Crippen LogP contribution in [-0.4, -0.2) is 66.5 Å². The number of carbonyl (C=O) groups excluding carboxylic acids is 2. The van der Waals surface area contributed by atoms with Crippen LogP contribution < -0.4 is 0 Å². The number of hydrogen-bond donors (Lipinski definition) is 1. The molecule has 2 fully saturated rings. The topological polar surface area (TPSA) is 65.6 Å². The van der Waals surface area contributed by atoms with Crippen molar-refractivity contribution in [3.8, 4) is 0 Å². The van der Waals surface area contributed by atoms with E-state index in [1.807, 2.05) is 9.80 Å². The van der Waals surface area contributed by atoms with Crippen molar-refractivity contribution in [3.05, 3.63) is 35.8 Å². The van der Waals surface area contributed by atoms with Crippen molar-refractivity contribution in [2.24, 2.45) is 11.8 Å². The lowest BCUT2D eigenvalue weighted by molar-refractivity contribution is -0.137. The van der Waals surface area contributed by atoms with E-state index in [2.05, 4.69) is 4.98 Å². The van der Waals surface area contributed by atoms with E-state index in [9.17, 15) is 14.0 Å². The summed E-state index contributed by atoms with van der Waals surface area (Å²) in [7, 11) is 1.66. The van der Waals surface area contributed by atoms with E-state index in [1.165, 1.54) is 12.1 Å². The number of piperidine rings is 1. The monoisotopic (exact) mass is 415 g/mol. The van der Waals surface area contributed by atoms with Crippen molar-refractivity contribution in [3.63, 3.8) is 0 Å². The van der Waals surface area contributed by atoms with Crippen molar-refractivity contribution in [1.82, 2.24) is 14.8 Å². The number of fused-ring (bicyclic) bond motifs is 1. The van der Waals surface area contributed by atoms with Gasteiger partial charge < -0.3 is 19.5 Å². The summed E-state index contributed by atoms with van der Waals surface area (Å²) < 4.78 is 18.6. The summed E-state index contributed by atoms with van der Waals surface area (Å²) in [6, 6.07) is 6.27. The maximum atomic E-state index is 13.4. The van der Waals surface area contributed by atoms with Gasteiger partial charge in [-0.05, 0) is 55.9 Å². The second kappa shape index (κ2) is 9.16. The molecule has 0 bridgehead atoms. The van der Waals surface area contributed by atoms with Gasteiger partial charge in [0.2, 0.25) is 5.91 Å². The highest BCUT2D eigenvalue weighted by molar-refractivity contribution is 5.98. The number of ether oxygens (including phenoxy) is 1. The van der Waals surface area contributed by atoms with Gasteiger partial charge in [0, 0.05) is 50.1 Å². The average molecular weight is 416 g/mol. The number of benzene rings is 1. The van der Waals surface area contributed by atoms with E-state index < -0.39 is 0 Å². The number of aromatic amines is 1. The van der Waals surface area contributed by atoms with Crippen LogP contribution in [0.5, 0.6) is 0 Å². The number of amides is 2. The normalized spacial score (nSPS) is 21.3. The summed E-state index contributed by atoms with van der Waals surface area (Å²) in [5.74, 6) is 0.252. The number of hydrogen-bond acceptors (Lipinski definition) is 3. The molecule has 1 N–H and O–H groups in total. The van der Waals surface area contributed by atoms with Gasteiger partial charge >= 0.3 is 0 Å². The third kappa shape index (κ3) is 4.36. The lowest BCUT2D eigenvalue weighted by Crippen LogP contribution is -2.44. The maximum absolute atomic E-state index is 13.4. The Kier molecular flexibility index (Phi) is 6.37. The Morgan fingerprint density at radius 1 is 1.17 bits per heavy atom. The first-order chi connectivity index (χ1) is 14.6. The number of carbonyl (C=O) groups is 2. The van der Waals surface area contributed by atoms with Gasteiger partial charge in [0.05, 0.1) is 6.61 Å². The highest BCUT2D eigenvalue weighted by atomic mass is 19.1. The molecule has 162 valence electrons. The standard InChI is InChI=1S/C23H30FN3O3/c1-30-13-12-26-9-3-2-4-19(22(26)28)16-7-10-27(11-8-16)23(29)21-14-17-5-6-18(24)15-20(17)25-21/h5-6,14-16,19,25H,2-4,7-13H2,1H3/t19-/m0/s1. The van der Waals surface area contributed by atoms with Gasteiger partial charge in [-0.2, -0.15) is 0 Å². The third-order valence-corrected chi connectivity index (χ3v) is 6.60. The number of H-pyrrole nitrogens is 1. The fourth-order valence-corrected chi connectivity index (χ4v) is 4.89. The predicted molar refractivity (Wildman–Crippen MR) is 113 cm³/mol. The van der Waals surface area contributed by atoms with E-state index in [-0.39, 0.29) is 23.5 Å². The molecule has 0 saturated carbocycles. The minimum Gasteiger partial charge on any atom is -0.383 e. The highest BCUT2D eigenvalue weighted by Gasteiger charge is 2.36. The zero-order chi connectivity index (χ0) is 21.1. The number of rotatable bonds is 5. The molecule has 30 heavy (non-hydrogen) atoms. The summed E-state index contributed by atoms with van der Waals surface area (Å²) in [6.07, 6.45) is 4.74. The van der Waals surface area contributed by atoms with Gasteiger partial charge in [-0.15, -0.1) is 0 Å². The molecular formula is C23H30FN3O3. The second-order valence-corrected chi connectivity index (χ2v) is 8.46. The van der Waals surface area contributed by atoms with Crippen molar-refractivity contribution in [2.45, 2.75) is 32.1 Å². The van der Waals surface area contributed by atoms with E-state index in [1.54, 1.807) is 19.2 Å². The number of aromatic nitrogens is 1. The zero-order valence-electron chi connectivity index (χ0n) is 17.5. The molecule has 2 aromatic rings. The third-order valence-electron chi connectivity index (χ3n) is 6.60. The SMILES string of the molecule is COCCN1CCCC[C@@H](C2CCN(C(=O)c3cc4ccc(F)cc4[nH]3)CC2)C1=O. The molecule has 1 aromatic heterocycles. The number of methoxy groups -OCH3 is 1. The number of nitrogens with one attached hydrogen (secondary N) is 1. The molecule has 4 rings (SSSR count). The van der Waals surface area contributed by atoms with Gasteiger partial charge in [-0.1, -0.05) is 6.42 Å². The average Bonchev–Trinajstić information content (AvgIpc) is 3.09. The Morgan fingerprint density at radius 2 is 1.97 bits per heavy atom. The molecule has 2 amide bonds. The molecule has 0 spiro atoms. The van der Waals surface area contributed by atoms with E-state index >= 15 is 0 Å². The van der Waals surface area contributed by atoms with Crippen LogP contribution in [-0.2, 0) is 9.53 Å². The number of likely N-dealkylation sites (tertiary alicyclic amines) is 2. The highest BCUT2D eigenvalue weighted by Crippen LogP contribution is 2.32. The molecule has 0 radical (unpaired) electrons. The quantitative estimate of drug-likeness (QED) is 0.814.